The molecule has 0 radical (unpaired) electrons. The van der Waals surface area contributed by atoms with Crippen molar-refractivity contribution >= 4 is 22.7 Å². The van der Waals surface area contributed by atoms with Crippen molar-refractivity contribution < 1.29 is 0 Å². The van der Waals surface area contributed by atoms with Crippen LogP contribution in [0, 0.1) is 0 Å². The molecule has 3 aromatic heterocycles. The molecular formula is C13H13N3S2. The molecule has 0 fully saturated rings. The number of rotatable bonds is 5. The van der Waals surface area contributed by atoms with Gasteiger partial charge in [-0.1, -0.05) is 12.1 Å². The molecule has 2 N–H and O–H groups in total. The molecule has 0 spiro atoms. The summed E-state index contributed by atoms with van der Waals surface area (Å²) in [5.74, 6) is 0.966. The van der Waals surface area contributed by atoms with E-state index in [-0.39, 0.29) is 6.04 Å². The van der Waals surface area contributed by atoms with Crippen LogP contribution in [0.15, 0.2) is 47.4 Å². The molecule has 0 aliphatic heterocycles. The predicted molar refractivity (Wildman–Crippen MR) is 75.9 cm³/mol. The zero-order chi connectivity index (χ0) is 12.2. The molecule has 5 heteroatoms. The fourth-order valence-electron chi connectivity index (χ4n) is 1.85. The molecule has 0 saturated heterocycles. The molecule has 3 rings (SSSR count). The molecule has 0 amide bonds. The largest absolute Gasteiger partial charge is 0.348 e. The molecule has 3 nitrogen and oxygen atoms in total. The van der Waals surface area contributed by atoms with Gasteiger partial charge in [0, 0.05) is 22.1 Å². The van der Waals surface area contributed by atoms with Gasteiger partial charge in [0.2, 0.25) is 0 Å². The molecule has 0 aromatic carbocycles. The Kier molecular flexibility index (Phi) is 3.54. The Hall–Kier alpha value is -1.43. The lowest BCUT2D eigenvalue weighted by atomic mass is 10.2. The number of thiophene rings is 2. The van der Waals surface area contributed by atoms with Crippen LogP contribution in [0.4, 0.5) is 0 Å². The summed E-state index contributed by atoms with van der Waals surface area (Å²) in [5, 5.41) is 7.79. The summed E-state index contributed by atoms with van der Waals surface area (Å²) in [4.78, 5) is 10.0. The Morgan fingerprint density at radius 3 is 2.39 bits per heavy atom. The highest BCUT2D eigenvalue weighted by molar-refractivity contribution is 7.11. The van der Waals surface area contributed by atoms with Crippen molar-refractivity contribution in [3.05, 3.63) is 63.0 Å². The first-order valence-electron chi connectivity index (χ1n) is 5.72. The summed E-state index contributed by atoms with van der Waals surface area (Å²) < 4.78 is 0. The number of hydrogen-bond acceptors (Lipinski definition) is 4. The van der Waals surface area contributed by atoms with Crippen LogP contribution in [-0.2, 0) is 6.54 Å². The summed E-state index contributed by atoms with van der Waals surface area (Å²) in [5.41, 5.74) is 0. The standard InChI is InChI=1S/C13H13N3S2/c1-3-10(17-7-1)13(11-4-2-8-18-11)16-9-12-14-5-6-15-12/h1-8,13,16H,9H2,(H,14,15). The third-order valence-electron chi connectivity index (χ3n) is 2.68. The average Bonchev–Trinajstić information content (AvgIpc) is 3.14. The summed E-state index contributed by atoms with van der Waals surface area (Å²) in [6.45, 7) is 0.744. The predicted octanol–water partition coefficient (Wildman–Crippen LogP) is 3.41. The zero-order valence-electron chi connectivity index (χ0n) is 9.67. The van der Waals surface area contributed by atoms with Gasteiger partial charge in [-0.05, 0) is 22.9 Å². The summed E-state index contributed by atoms with van der Waals surface area (Å²) in [7, 11) is 0. The van der Waals surface area contributed by atoms with Gasteiger partial charge in [0.25, 0.3) is 0 Å². The second-order valence-corrected chi connectivity index (χ2v) is 5.84. The average molecular weight is 275 g/mol. The van der Waals surface area contributed by atoms with Crippen LogP contribution in [0.1, 0.15) is 21.6 Å². The van der Waals surface area contributed by atoms with E-state index in [1.54, 1.807) is 28.9 Å². The highest BCUT2D eigenvalue weighted by Crippen LogP contribution is 2.29. The van der Waals surface area contributed by atoms with E-state index in [0.29, 0.717) is 0 Å². The first-order valence-corrected chi connectivity index (χ1v) is 7.48. The topological polar surface area (TPSA) is 40.7 Å². The second-order valence-electron chi connectivity index (χ2n) is 3.88. The Balaban J connectivity index is 1.78. The van der Waals surface area contributed by atoms with Crippen LogP contribution in [0.2, 0.25) is 0 Å². The zero-order valence-corrected chi connectivity index (χ0v) is 11.3. The maximum Gasteiger partial charge on any atom is 0.120 e. The van der Waals surface area contributed by atoms with Crippen LogP contribution in [0.25, 0.3) is 0 Å². The van der Waals surface area contributed by atoms with Crippen molar-refractivity contribution in [1.29, 1.82) is 0 Å². The smallest absolute Gasteiger partial charge is 0.120 e. The molecular weight excluding hydrogens is 262 g/mol. The number of nitrogens with one attached hydrogen (secondary N) is 2. The van der Waals surface area contributed by atoms with Gasteiger partial charge in [-0.2, -0.15) is 0 Å². The van der Waals surface area contributed by atoms with Gasteiger partial charge in [0.05, 0.1) is 12.6 Å². The van der Waals surface area contributed by atoms with Gasteiger partial charge >= 0.3 is 0 Å². The Morgan fingerprint density at radius 2 is 1.89 bits per heavy atom. The molecule has 0 bridgehead atoms. The third-order valence-corrected chi connectivity index (χ3v) is 4.56. The molecule has 0 aliphatic rings. The van der Waals surface area contributed by atoms with E-state index in [1.165, 1.54) is 9.75 Å². The van der Waals surface area contributed by atoms with Crippen molar-refractivity contribution in [3.8, 4) is 0 Å². The number of H-pyrrole nitrogens is 1. The molecule has 0 saturated carbocycles. The molecule has 18 heavy (non-hydrogen) atoms. The minimum Gasteiger partial charge on any atom is -0.348 e. The van der Waals surface area contributed by atoms with E-state index in [1.807, 2.05) is 6.20 Å². The molecule has 0 aliphatic carbocycles. The molecule has 0 atom stereocenters. The monoisotopic (exact) mass is 275 g/mol. The van der Waals surface area contributed by atoms with E-state index >= 15 is 0 Å². The van der Waals surface area contributed by atoms with Gasteiger partial charge in [-0.15, -0.1) is 22.7 Å². The normalized spacial score (nSPS) is 11.2. The maximum atomic E-state index is 4.24. The van der Waals surface area contributed by atoms with Crippen LogP contribution in [0.5, 0.6) is 0 Å². The van der Waals surface area contributed by atoms with E-state index in [4.69, 9.17) is 0 Å². The first kappa shape index (κ1) is 11.6. The third kappa shape index (κ3) is 2.53. The van der Waals surface area contributed by atoms with Crippen LogP contribution >= 0.6 is 22.7 Å². The number of nitrogens with zero attached hydrogens (tertiary/aromatic N) is 1. The number of imidazole rings is 1. The molecule has 92 valence electrons. The maximum absolute atomic E-state index is 4.24. The van der Waals surface area contributed by atoms with Gasteiger partial charge in [0.15, 0.2) is 0 Å². The first-order chi connectivity index (χ1) is 8.93. The van der Waals surface area contributed by atoms with Crippen molar-refractivity contribution in [2.75, 3.05) is 0 Å². The fourth-order valence-corrected chi connectivity index (χ4v) is 3.56. The Morgan fingerprint density at radius 1 is 1.17 bits per heavy atom. The summed E-state index contributed by atoms with van der Waals surface area (Å²) in [6, 6.07) is 8.79. The van der Waals surface area contributed by atoms with E-state index in [2.05, 4.69) is 50.3 Å². The minimum atomic E-state index is 0.259. The van der Waals surface area contributed by atoms with Crippen LogP contribution in [-0.4, -0.2) is 9.97 Å². The van der Waals surface area contributed by atoms with Gasteiger partial charge < -0.3 is 4.98 Å². The van der Waals surface area contributed by atoms with Crippen molar-refractivity contribution in [1.82, 2.24) is 15.3 Å². The number of aromatic amines is 1. The Labute approximate surface area is 114 Å². The van der Waals surface area contributed by atoms with Crippen molar-refractivity contribution in [2.45, 2.75) is 12.6 Å². The Bertz CT molecular complexity index is 521. The second kappa shape index (κ2) is 5.48. The number of aromatic nitrogens is 2. The van der Waals surface area contributed by atoms with Gasteiger partial charge in [-0.25, -0.2) is 4.98 Å². The SMILES string of the molecule is c1csc(C(NCc2ncc[nH]2)c2cccs2)c1. The fraction of sp³-hybridized carbons (Fsp3) is 0.154. The lowest BCUT2D eigenvalue weighted by Crippen LogP contribution is -2.21. The van der Waals surface area contributed by atoms with Crippen LogP contribution in [0.3, 0.4) is 0 Å². The molecule has 3 heterocycles. The highest BCUT2D eigenvalue weighted by Gasteiger charge is 2.15. The summed E-state index contributed by atoms with van der Waals surface area (Å²) in [6.07, 6.45) is 3.63. The minimum absolute atomic E-state index is 0.259. The highest BCUT2D eigenvalue weighted by atomic mass is 32.1. The van der Waals surface area contributed by atoms with Crippen LogP contribution < -0.4 is 5.32 Å². The van der Waals surface area contributed by atoms with E-state index in [0.717, 1.165) is 12.4 Å². The van der Waals surface area contributed by atoms with Gasteiger partial charge in [0.1, 0.15) is 5.82 Å². The lowest BCUT2D eigenvalue weighted by molar-refractivity contribution is 0.604. The number of hydrogen-bond donors (Lipinski definition) is 2. The van der Waals surface area contributed by atoms with Crippen molar-refractivity contribution in [2.24, 2.45) is 0 Å². The molecule has 3 aromatic rings. The van der Waals surface area contributed by atoms with Crippen molar-refractivity contribution in [3.63, 3.8) is 0 Å². The lowest BCUT2D eigenvalue weighted by Gasteiger charge is -2.15. The van der Waals surface area contributed by atoms with E-state index in [9.17, 15) is 0 Å². The van der Waals surface area contributed by atoms with E-state index < -0.39 is 0 Å². The summed E-state index contributed by atoms with van der Waals surface area (Å²) >= 11 is 3.56. The quantitative estimate of drug-likeness (QED) is 0.749. The molecule has 0 unspecified atom stereocenters. The van der Waals surface area contributed by atoms with Gasteiger partial charge in [-0.3, -0.25) is 5.32 Å².